The standard InChI is InChI=1S/C29H40ClNO8S/c30-24-13-10-20(29-28(35)27(34)26(33)25(18-32)39-29)17-21(24)16-19-8-11-22(12-9-19)38-15-5-4-14-31-40(36,37)23-6-2-1-3-7-23/h8-13,17,23,25-29,31-35H,1-7,14-16,18H2. The van der Waals surface area contributed by atoms with Gasteiger partial charge in [0.25, 0.3) is 0 Å². The molecule has 2 aromatic rings. The number of hydrogen-bond acceptors (Lipinski definition) is 8. The third-order valence-electron chi connectivity index (χ3n) is 7.74. The summed E-state index contributed by atoms with van der Waals surface area (Å²) in [5, 5.41) is 40.4. The van der Waals surface area contributed by atoms with E-state index < -0.39 is 47.2 Å². The van der Waals surface area contributed by atoms with Crippen molar-refractivity contribution in [3.63, 3.8) is 0 Å². The third-order valence-corrected chi connectivity index (χ3v) is 10.1. The Hall–Kier alpha value is -1.76. The molecule has 4 rings (SSSR count). The molecule has 5 N–H and O–H groups in total. The van der Waals surface area contributed by atoms with Crippen molar-refractivity contribution in [2.24, 2.45) is 0 Å². The maximum atomic E-state index is 12.4. The summed E-state index contributed by atoms with van der Waals surface area (Å²) in [6.07, 6.45) is 0.404. The van der Waals surface area contributed by atoms with Crippen molar-refractivity contribution in [2.45, 2.75) is 87.1 Å². The average Bonchev–Trinajstić information content (AvgIpc) is 2.96. The van der Waals surface area contributed by atoms with Gasteiger partial charge in [0, 0.05) is 11.6 Å². The van der Waals surface area contributed by atoms with Crippen LogP contribution in [0.1, 0.15) is 67.7 Å². The Morgan fingerprint density at radius 1 is 0.950 bits per heavy atom. The Morgan fingerprint density at radius 2 is 1.68 bits per heavy atom. The lowest BCUT2D eigenvalue weighted by atomic mass is 9.90. The van der Waals surface area contributed by atoms with Gasteiger partial charge < -0.3 is 29.9 Å². The third kappa shape index (κ3) is 7.95. The first kappa shape index (κ1) is 31.2. The van der Waals surface area contributed by atoms with Crippen molar-refractivity contribution in [1.82, 2.24) is 4.72 Å². The molecule has 0 bridgehead atoms. The number of halogens is 1. The summed E-state index contributed by atoms with van der Waals surface area (Å²) in [6.45, 7) is 0.414. The van der Waals surface area contributed by atoms with Crippen LogP contribution in [0.2, 0.25) is 5.02 Å². The zero-order valence-corrected chi connectivity index (χ0v) is 24.1. The molecule has 5 atom stereocenters. The Balaban J connectivity index is 1.25. The van der Waals surface area contributed by atoms with Gasteiger partial charge in [-0.05, 0) is 67.0 Å². The van der Waals surface area contributed by atoms with Gasteiger partial charge in [0.15, 0.2) is 0 Å². The summed E-state index contributed by atoms with van der Waals surface area (Å²) in [6, 6.07) is 12.8. The SMILES string of the molecule is O=S(=O)(NCCCCOc1ccc(Cc2cc(C3OC(CO)C(O)C(O)C3O)ccc2Cl)cc1)C1CCCCC1. The van der Waals surface area contributed by atoms with Crippen LogP contribution in [0.5, 0.6) is 5.75 Å². The zero-order chi connectivity index (χ0) is 28.7. The minimum Gasteiger partial charge on any atom is -0.494 e. The predicted octanol–water partition coefficient (Wildman–Crippen LogP) is 2.86. The molecule has 0 radical (unpaired) electrons. The molecule has 1 aliphatic carbocycles. The maximum Gasteiger partial charge on any atom is 0.214 e. The van der Waals surface area contributed by atoms with Crippen molar-refractivity contribution in [3.05, 3.63) is 64.2 Å². The van der Waals surface area contributed by atoms with E-state index in [1.807, 2.05) is 24.3 Å². The second-order valence-corrected chi connectivity index (χ2v) is 13.1. The smallest absolute Gasteiger partial charge is 0.214 e. The minimum atomic E-state index is -3.23. The van der Waals surface area contributed by atoms with Crippen LogP contribution in [0, 0.1) is 0 Å². The average molecular weight is 598 g/mol. The molecule has 1 saturated carbocycles. The van der Waals surface area contributed by atoms with E-state index in [0.717, 1.165) is 49.7 Å². The largest absolute Gasteiger partial charge is 0.494 e. The molecule has 1 heterocycles. The fraction of sp³-hybridized carbons (Fsp3) is 0.586. The van der Waals surface area contributed by atoms with Gasteiger partial charge in [-0.3, -0.25) is 0 Å². The van der Waals surface area contributed by atoms with Crippen molar-refractivity contribution in [1.29, 1.82) is 0 Å². The molecular weight excluding hydrogens is 558 g/mol. The normalized spacial score (nSPS) is 26.1. The molecule has 9 nitrogen and oxygen atoms in total. The summed E-state index contributed by atoms with van der Waals surface area (Å²) >= 11 is 6.44. The van der Waals surface area contributed by atoms with Crippen LogP contribution in [0.3, 0.4) is 0 Å². The molecule has 5 unspecified atom stereocenters. The summed E-state index contributed by atoms with van der Waals surface area (Å²) in [4.78, 5) is 0. The van der Waals surface area contributed by atoms with Crippen molar-refractivity contribution in [2.75, 3.05) is 19.8 Å². The van der Waals surface area contributed by atoms with Gasteiger partial charge in [-0.15, -0.1) is 0 Å². The topological polar surface area (TPSA) is 146 Å². The van der Waals surface area contributed by atoms with E-state index >= 15 is 0 Å². The second kappa shape index (κ2) is 14.4. The Labute approximate surface area is 241 Å². The quantitative estimate of drug-likeness (QED) is 0.235. The molecule has 0 spiro atoms. The summed E-state index contributed by atoms with van der Waals surface area (Å²) in [5.41, 5.74) is 2.36. The highest BCUT2D eigenvalue weighted by molar-refractivity contribution is 7.90. The monoisotopic (exact) mass is 597 g/mol. The molecule has 2 aromatic carbocycles. The molecule has 2 aliphatic rings. The van der Waals surface area contributed by atoms with Gasteiger partial charge in [-0.1, -0.05) is 55.1 Å². The highest BCUT2D eigenvalue weighted by Gasteiger charge is 2.44. The lowest BCUT2D eigenvalue weighted by Gasteiger charge is -2.40. The van der Waals surface area contributed by atoms with Gasteiger partial charge in [0.1, 0.15) is 36.3 Å². The van der Waals surface area contributed by atoms with Gasteiger partial charge in [0.05, 0.1) is 18.5 Å². The molecule has 11 heteroatoms. The summed E-state index contributed by atoms with van der Waals surface area (Å²) < 4.78 is 39.0. The van der Waals surface area contributed by atoms with Crippen LogP contribution >= 0.6 is 11.6 Å². The van der Waals surface area contributed by atoms with E-state index in [2.05, 4.69) is 4.72 Å². The number of ether oxygens (including phenoxy) is 2. The van der Waals surface area contributed by atoms with Crippen LogP contribution in [-0.4, -0.2) is 78.3 Å². The first-order chi connectivity index (χ1) is 19.2. The van der Waals surface area contributed by atoms with Gasteiger partial charge in [-0.25, -0.2) is 13.1 Å². The predicted molar refractivity (Wildman–Crippen MR) is 152 cm³/mol. The highest BCUT2D eigenvalue weighted by atomic mass is 35.5. The zero-order valence-electron chi connectivity index (χ0n) is 22.5. The maximum absolute atomic E-state index is 12.4. The highest BCUT2D eigenvalue weighted by Crippen LogP contribution is 2.34. The molecule has 0 amide bonds. The number of benzene rings is 2. The van der Waals surface area contributed by atoms with Crippen LogP contribution < -0.4 is 9.46 Å². The lowest BCUT2D eigenvalue weighted by molar-refractivity contribution is -0.231. The fourth-order valence-corrected chi connectivity index (χ4v) is 7.14. The van der Waals surface area contributed by atoms with Crippen molar-refractivity contribution < 1.29 is 38.3 Å². The number of nitrogens with one attached hydrogen (secondary N) is 1. The van der Waals surface area contributed by atoms with E-state index in [1.54, 1.807) is 18.2 Å². The summed E-state index contributed by atoms with van der Waals surface area (Å²) in [5.74, 6) is 0.715. The van der Waals surface area contributed by atoms with E-state index in [1.165, 1.54) is 0 Å². The van der Waals surface area contributed by atoms with Crippen molar-refractivity contribution >= 4 is 21.6 Å². The Morgan fingerprint density at radius 3 is 2.38 bits per heavy atom. The summed E-state index contributed by atoms with van der Waals surface area (Å²) in [7, 11) is -3.23. The Kier molecular flexibility index (Phi) is 11.2. The molecule has 1 aliphatic heterocycles. The van der Waals surface area contributed by atoms with E-state index in [9.17, 15) is 28.8 Å². The molecule has 40 heavy (non-hydrogen) atoms. The van der Waals surface area contributed by atoms with Crippen molar-refractivity contribution in [3.8, 4) is 5.75 Å². The number of rotatable bonds is 12. The number of sulfonamides is 1. The molecule has 2 fully saturated rings. The van der Waals surface area contributed by atoms with Crippen LogP contribution in [0.4, 0.5) is 0 Å². The molecule has 0 aromatic heterocycles. The lowest BCUT2D eigenvalue weighted by Crippen LogP contribution is -2.55. The first-order valence-corrected chi connectivity index (χ1v) is 15.9. The molecular formula is C29H40ClNO8S. The number of unbranched alkanes of at least 4 members (excludes halogenated alkanes) is 1. The van der Waals surface area contributed by atoms with E-state index in [-0.39, 0.29) is 5.25 Å². The number of aliphatic hydroxyl groups is 4. The van der Waals surface area contributed by atoms with Crippen LogP contribution in [0.25, 0.3) is 0 Å². The Bertz CT molecular complexity index is 1190. The minimum absolute atomic E-state index is 0.249. The van der Waals surface area contributed by atoms with E-state index in [4.69, 9.17) is 21.1 Å². The van der Waals surface area contributed by atoms with Gasteiger partial charge >= 0.3 is 0 Å². The second-order valence-electron chi connectivity index (χ2n) is 10.7. The molecule has 222 valence electrons. The number of aliphatic hydroxyl groups excluding tert-OH is 4. The first-order valence-electron chi connectivity index (χ1n) is 14.0. The van der Waals surface area contributed by atoms with Gasteiger partial charge in [0.2, 0.25) is 10.0 Å². The van der Waals surface area contributed by atoms with Crippen LogP contribution in [-0.2, 0) is 21.2 Å². The van der Waals surface area contributed by atoms with E-state index in [0.29, 0.717) is 42.3 Å². The van der Waals surface area contributed by atoms with Crippen LogP contribution in [0.15, 0.2) is 42.5 Å². The van der Waals surface area contributed by atoms with Gasteiger partial charge in [-0.2, -0.15) is 0 Å². The number of hydrogen-bond donors (Lipinski definition) is 5. The fourth-order valence-electron chi connectivity index (χ4n) is 5.33. The molecule has 1 saturated heterocycles.